The van der Waals surface area contributed by atoms with Crippen molar-refractivity contribution in [2.45, 2.75) is 38.6 Å². The molecule has 0 aromatic rings. The Morgan fingerprint density at radius 1 is 1.50 bits per heavy atom. The van der Waals surface area contributed by atoms with Gasteiger partial charge in [-0.05, 0) is 13.5 Å². The summed E-state index contributed by atoms with van der Waals surface area (Å²) < 4.78 is 0. The van der Waals surface area contributed by atoms with Crippen LogP contribution in [0, 0.1) is 0 Å². The average Bonchev–Trinajstić information content (AvgIpc) is 2.28. The lowest BCUT2D eigenvalue weighted by Crippen LogP contribution is -2.50. The molecule has 1 rings (SSSR count). The molecule has 1 atom stereocenters. The number of amides is 1. The molecule has 1 unspecified atom stereocenters. The molecule has 0 aromatic carbocycles. The first-order valence-corrected chi connectivity index (χ1v) is 6.41. The number of rotatable bonds is 6. The Balaban J connectivity index is 2.12. The van der Waals surface area contributed by atoms with Crippen LogP contribution in [-0.2, 0) is 4.79 Å². The summed E-state index contributed by atoms with van der Waals surface area (Å²) in [6, 6.07) is 0.361. The van der Waals surface area contributed by atoms with E-state index in [2.05, 4.69) is 29.5 Å². The molecule has 1 heterocycles. The van der Waals surface area contributed by atoms with E-state index < -0.39 is 0 Å². The van der Waals surface area contributed by atoms with Gasteiger partial charge in [-0.2, -0.15) is 0 Å². The Morgan fingerprint density at radius 2 is 2.31 bits per heavy atom. The summed E-state index contributed by atoms with van der Waals surface area (Å²) in [6.07, 6.45) is 4.12. The predicted octanol–water partition coefficient (Wildman–Crippen LogP) is 0.587. The lowest BCUT2D eigenvalue weighted by atomic mass is 10.1. The lowest BCUT2D eigenvalue weighted by molar-refractivity contribution is -0.122. The van der Waals surface area contributed by atoms with Crippen LogP contribution in [0.15, 0.2) is 0 Å². The number of piperazine rings is 1. The number of nitrogens with zero attached hydrogens (tertiary/aromatic N) is 1. The van der Waals surface area contributed by atoms with Crippen molar-refractivity contribution in [1.82, 2.24) is 15.5 Å². The number of carbonyl (C=O) groups excluding carboxylic acids is 1. The SMILES string of the molecule is CCCCCNC(=O)CC1CNCCN1C. The number of hydrogen-bond donors (Lipinski definition) is 2. The van der Waals surface area contributed by atoms with E-state index in [1.54, 1.807) is 0 Å². The fourth-order valence-corrected chi connectivity index (χ4v) is 1.98. The molecule has 1 fully saturated rings. The zero-order valence-corrected chi connectivity index (χ0v) is 10.6. The lowest BCUT2D eigenvalue weighted by Gasteiger charge is -2.32. The molecule has 1 amide bonds. The van der Waals surface area contributed by atoms with Crippen LogP contribution in [0.2, 0.25) is 0 Å². The largest absolute Gasteiger partial charge is 0.356 e. The fourth-order valence-electron chi connectivity index (χ4n) is 1.98. The first-order valence-electron chi connectivity index (χ1n) is 6.41. The minimum atomic E-state index is 0.191. The Hall–Kier alpha value is -0.610. The first-order chi connectivity index (χ1) is 7.74. The molecular formula is C12H25N3O. The zero-order valence-electron chi connectivity index (χ0n) is 10.6. The van der Waals surface area contributed by atoms with Crippen molar-refractivity contribution in [2.75, 3.05) is 33.2 Å². The van der Waals surface area contributed by atoms with Crippen molar-refractivity contribution in [3.05, 3.63) is 0 Å². The second-order valence-electron chi connectivity index (χ2n) is 4.60. The number of carbonyl (C=O) groups is 1. The fraction of sp³-hybridized carbons (Fsp3) is 0.917. The van der Waals surface area contributed by atoms with E-state index in [1.165, 1.54) is 12.8 Å². The van der Waals surface area contributed by atoms with E-state index in [-0.39, 0.29) is 5.91 Å². The number of unbranched alkanes of at least 4 members (excludes halogenated alkanes) is 2. The Labute approximate surface area is 98.8 Å². The zero-order chi connectivity index (χ0) is 11.8. The molecule has 1 saturated heterocycles. The Kier molecular flexibility index (Phi) is 6.42. The van der Waals surface area contributed by atoms with Gasteiger partial charge in [0.05, 0.1) is 0 Å². The highest BCUT2D eigenvalue weighted by molar-refractivity contribution is 5.76. The number of likely N-dealkylation sites (N-methyl/N-ethyl adjacent to an activating group) is 1. The third-order valence-electron chi connectivity index (χ3n) is 3.17. The van der Waals surface area contributed by atoms with Crippen molar-refractivity contribution in [1.29, 1.82) is 0 Å². The molecule has 4 nitrogen and oxygen atoms in total. The maximum atomic E-state index is 11.7. The summed E-state index contributed by atoms with van der Waals surface area (Å²) in [7, 11) is 2.09. The van der Waals surface area contributed by atoms with Gasteiger partial charge in [0.25, 0.3) is 0 Å². The molecule has 2 N–H and O–H groups in total. The van der Waals surface area contributed by atoms with E-state index in [0.29, 0.717) is 12.5 Å². The van der Waals surface area contributed by atoms with Crippen LogP contribution in [0.1, 0.15) is 32.6 Å². The van der Waals surface area contributed by atoms with Crippen LogP contribution in [0.25, 0.3) is 0 Å². The molecule has 4 heteroatoms. The van der Waals surface area contributed by atoms with E-state index in [4.69, 9.17) is 0 Å². The van der Waals surface area contributed by atoms with Gasteiger partial charge in [-0.15, -0.1) is 0 Å². The molecular weight excluding hydrogens is 202 g/mol. The molecule has 1 aliphatic rings. The number of nitrogens with one attached hydrogen (secondary N) is 2. The van der Waals surface area contributed by atoms with Gasteiger partial charge < -0.3 is 15.5 Å². The summed E-state index contributed by atoms with van der Waals surface area (Å²) in [6.45, 7) is 6.00. The molecule has 0 bridgehead atoms. The van der Waals surface area contributed by atoms with E-state index in [1.807, 2.05) is 0 Å². The summed E-state index contributed by atoms with van der Waals surface area (Å²) in [5.74, 6) is 0.191. The van der Waals surface area contributed by atoms with Crippen LogP contribution < -0.4 is 10.6 Å². The molecule has 0 radical (unpaired) electrons. The second-order valence-corrected chi connectivity index (χ2v) is 4.60. The summed E-state index contributed by atoms with van der Waals surface area (Å²) in [4.78, 5) is 13.9. The van der Waals surface area contributed by atoms with Crippen molar-refractivity contribution in [3.8, 4) is 0 Å². The summed E-state index contributed by atoms with van der Waals surface area (Å²) in [5, 5.41) is 6.32. The Bertz CT molecular complexity index is 208. The molecule has 0 saturated carbocycles. The van der Waals surface area contributed by atoms with E-state index in [9.17, 15) is 4.79 Å². The topological polar surface area (TPSA) is 44.4 Å². The average molecular weight is 227 g/mol. The first kappa shape index (κ1) is 13.5. The highest BCUT2D eigenvalue weighted by Crippen LogP contribution is 2.04. The van der Waals surface area contributed by atoms with Crippen molar-refractivity contribution < 1.29 is 4.79 Å². The van der Waals surface area contributed by atoms with Gasteiger partial charge in [-0.3, -0.25) is 4.79 Å². The van der Waals surface area contributed by atoms with Crippen LogP contribution in [0.3, 0.4) is 0 Å². The van der Waals surface area contributed by atoms with Gasteiger partial charge in [0.1, 0.15) is 0 Å². The quantitative estimate of drug-likeness (QED) is 0.653. The van der Waals surface area contributed by atoms with Crippen LogP contribution in [0.4, 0.5) is 0 Å². The molecule has 94 valence electrons. The van der Waals surface area contributed by atoms with Gasteiger partial charge in [-0.1, -0.05) is 19.8 Å². The van der Waals surface area contributed by atoms with Gasteiger partial charge in [-0.25, -0.2) is 0 Å². The monoisotopic (exact) mass is 227 g/mol. The van der Waals surface area contributed by atoms with Crippen molar-refractivity contribution >= 4 is 5.91 Å². The van der Waals surface area contributed by atoms with Gasteiger partial charge in [0, 0.05) is 38.6 Å². The van der Waals surface area contributed by atoms with Gasteiger partial charge >= 0.3 is 0 Å². The minimum absolute atomic E-state index is 0.191. The summed E-state index contributed by atoms with van der Waals surface area (Å²) in [5.41, 5.74) is 0. The van der Waals surface area contributed by atoms with Crippen molar-refractivity contribution in [2.24, 2.45) is 0 Å². The molecule has 0 spiro atoms. The predicted molar refractivity (Wildman–Crippen MR) is 66.4 cm³/mol. The van der Waals surface area contributed by atoms with E-state index >= 15 is 0 Å². The maximum absolute atomic E-state index is 11.7. The Morgan fingerprint density at radius 3 is 3.00 bits per heavy atom. The van der Waals surface area contributed by atoms with Crippen LogP contribution in [0.5, 0.6) is 0 Å². The molecule has 1 aliphatic heterocycles. The molecule has 16 heavy (non-hydrogen) atoms. The van der Waals surface area contributed by atoms with E-state index in [0.717, 1.165) is 32.6 Å². The highest BCUT2D eigenvalue weighted by Gasteiger charge is 2.20. The minimum Gasteiger partial charge on any atom is -0.356 e. The third kappa shape index (κ3) is 4.94. The molecule has 0 aromatic heterocycles. The number of hydrogen-bond acceptors (Lipinski definition) is 3. The molecule has 0 aliphatic carbocycles. The van der Waals surface area contributed by atoms with Crippen molar-refractivity contribution in [3.63, 3.8) is 0 Å². The van der Waals surface area contributed by atoms with Gasteiger partial charge in [0.2, 0.25) is 5.91 Å². The summed E-state index contributed by atoms with van der Waals surface area (Å²) >= 11 is 0. The van der Waals surface area contributed by atoms with Gasteiger partial charge in [0.15, 0.2) is 0 Å². The maximum Gasteiger partial charge on any atom is 0.221 e. The highest BCUT2D eigenvalue weighted by atomic mass is 16.1. The standard InChI is InChI=1S/C12H25N3O/c1-3-4-5-6-14-12(16)9-11-10-13-7-8-15(11)2/h11,13H,3-10H2,1-2H3,(H,14,16). The van der Waals surface area contributed by atoms with Crippen LogP contribution >= 0.6 is 0 Å². The third-order valence-corrected chi connectivity index (χ3v) is 3.17. The van der Waals surface area contributed by atoms with Crippen LogP contribution in [-0.4, -0.2) is 50.1 Å². The normalized spacial score (nSPS) is 22.0. The smallest absolute Gasteiger partial charge is 0.221 e. The second kappa shape index (κ2) is 7.63.